The number of nitrogens with zero attached hydrogens (tertiary/aromatic N) is 4. The average molecular weight is 409 g/mol. The zero-order chi connectivity index (χ0) is 21.4. The summed E-state index contributed by atoms with van der Waals surface area (Å²) in [5.41, 5.74) is 5.65. The predicted molar refractivity (Wildman–Crippen MR) is 122 cm³/mol. The Morgan fingerprint density at radius 3 is 2.50 bits per heavy atom. The van der Waals surface area contributed by atoms with Crippen molar-refractivity contribution in [2.45, 2.75) is 38.6 Å². The first-order valence-electron chi connectivity index (χ1n) is 11.5. The lowest BCUT2D eigenvalue weighted by Crippen LogP contribution is -2.64. The van der Waals surface area contributed by atoms with Crippen LogP contribution < -0.4 is 0 Å². The highest BCUT2D eigenvalue weighted by Crippen LogP contribution is 2.52. The Bertz CT molecular complexity index is 1000. The van der Waals surface area contributed by atoms with Gasteiger partial charge in [-0.2, -0.15) is 0 Å². The van der Waals surface area contributed by atoms with E-state index in [0.717, 1.165) is 39.1 Å². The summed E-state index contributed by atoms with van der Waals surface area (Å²) >= 11 is 0. The van der Waals surface area contributed by atoms with Gasteiger partial charge in [-0.05, 0) is 50.6 Å². The number of likely N-dealkylation sites (tertiary alicyclic amines) is 1. The largest absolute Gasteiger partial charge is 0.348 e. The number of fused-ring (bicyclic) bond motifs is 2. The van der Waals surface area contributed by atoms with Crippen molar-refractivity contribution in [2.75, 3.05) is 46.8 Å². The zero-order valence-electron chi connectivity index (χ0n) is 19.4. The van der Waals surface area contributed by atoms with Gasteiger partial charge in [0.05, 0.1) is 5.92 Å². The first kappa shape index (κ1) is 20.1. The van der Waals surface area contributed by atoms with Gasteiger partial charge < -0.3 is 19.3 Å². The lowest BCUT2D eigenvalue weighted by molar-refractivity contribution is -0.144. The third-order valence-electron chi connectivity index (χ3n) is 9.01. The maximum absolute atomic E-state index is 13.7. The van der Waals surface area contributed by atoms with Crippen molar-refractivity contribution in [1.29, 1.82) is 0 Å². The van der Waals surface area contributed by atoms with Crippen LogP contribution in [-0.4, -0.2) is 78.0 Å². The number of likely N-dealkylation sites (N-methyl/N-ethyl adjacent to an activating group) is 2. The molecule has 0 radical (unpaired) electrons. The highest BCUT2D eigenvalue weighted by molar-refractivity contribution is 5.91. The quantitative estimate of drug-likeness (QED) is 0.727. The number of piperazine rings is 1. The molecule has 3 heterocycles. The molecule has 0 bridgehead atoms. The fourth-order valence-corrected chi connectivity index (χ4v) is 6.71. The second-order valence-corrected chi connectivity index (χ2v) is 10.3. The van der Waals surface area contributed by atoms with Gasteiger partial charge >= 0.3 is 0 Å². The molecule has 5 rings (SSSR count). The molecule has 0 spiro atoms. The Kier molecular flexibility index (Phi) is 4.57. The van der Waals surface area contributed by atoms with Gasteiger partial charge in [-0.15, -0.1) is 0 Å². The Balaban J connectivity index is 1.58. The number of benzene rings is 1. The van der Waals surface area contributed by atoms with E-state index in [-0.39, 0.29) is 11.3 Å². The summed E-state index contributed by atoms with van der Waals surface area (Å²) in [5.74, 6) is 0.732. The van der Waals surface area contributed by atoms with E-state index in [1.165, 1.54) is 27.7 Å². The van der Waals surface area contributed by atoms with Crippen molar-refractivity contribution in [3.05, 3.63) is 35.0 Å². The maximum Gasteiger partial charge on any atom is 0.227 e. The van der Waals surface area contributed by atoms with E-state index < -0.39 is 0 Å². The number of carbonyl (C=O) groups excluding carboxylic acids is 1. The average Bonchev–Trinajstić information content (AvgIpc) is 2.98. The highest BCUT2D eigenvalue weighted by atomic mass is 16.2. The summed E-state index contributed by atoms with van der Waals surface area (Å²) in [4.78, 5) is 20.6. The number of aryl methyl sites for hydroxylation is 1. The summed E-state index contributed by atoms with van der Waals surface area (Å²) in [7, 11) is 6.57. The first-order valence-corrected chi connectivity index (χ1v) is 11.5. The minimum Gasteiger partial charge on any atom is -0.348 e. The molecule has 1 aliphatic carbocycles. The Morgan fingerprint density at radius 1 is 1.10 bits per heavy atom. The molecule has 2 aliphatic heterocycles. The smallest absolute Gasteiger partial charge is 0.227 e. The number of amides is 1. The van der Waals surface area contributed by atoms with Crippen molar-refractivity contribution in [3.63, 3.8) is 0 Å². The van der Waals surface area contributed by atoms with Crippen LogP contribution in [0.2, 0.25) is 0 Å². The third-order valence-corrected chi connectivity index (χ3v) is 9.01. The van der Waals surface area contributed by atoms with Crippen LogP contribution in [0.4, 0.5) is 0 Å². The maximum atomic E-state index is 13.7. The second-order valence-electron chi connectivity index (χ2n) is 10.3. The van der Waals surface area contributed by atoms with Gasteiger partial charge in [-0.25, -0.2) is 0 Å². The number of rotatable bonds is 1. The summed E-state index contributed by atoms with van der Waals surface area (Å²) in [6.45, 7) is 11.6. The van der Waals surface area contributed by atoms with Crippen LogP contribution in [0.25, 0.3) is 10.9 Å². The molecule has 3 unspecified atom stereocenters. The Hall–Kier alpha value is -1.85. The molecule has 1 aromatic carbocycles. The molecular formula is C25H36N4O. The summed E-state index contributed by atoms with van der Waals surface area (Å²) in [5, 5.41) is 1.45. The van der Waals surface area contributed by atoms with Crippen LogP contribution in [0.1, 0.15) is 30.7 Å². The molecule has 162 valence electrons. The van der Waals surface area contributed by atoms with E-state index in [4.69, 9.17) is 0 Å². The van der Waals surface area contributed by atoms with Crippen molar-refractivity contribution in [1.82, 2.24) is 19.3 Å². The normalized spacial score (nSPS) is 32.5. The van der Waals surface area contributed by atoms with Crippen LogP contribution >= 0.6 is 0 Å². The Morgan fingerprint density at radius 2 is 1.80 bits per heavy atom. The number of carbonyl (C=O) groups is 1. The standard InChI is InChI=1S/C25H36N4O/c1-16-19(24(30)29-12-10-26(4)11-13-29)15-27(5)22-14-18-17(2)28(6)21-9-7-8-20(23(18)21)25(16,22)3/h7-9,16,19,22H,10-15H2,1-6H3/t16?,19?,22-,25?/m1/s1. The van der Waals surface area contributed by atoms with E-state index >= 15 is 0 Å². The van der Waals surface area contributed by atoms with Gasteiger partial charge in [0, 0.05) is 67.8 Å². The molecule has 1 amide bonds. The fraction of sp³-hybridized carbons (Fsp3) is 0.640. The number of hydrogen-bond donors (Lipinski definition) is 0. The zero-order valence-corrected chi connectivity index (χ0v) is 19.4. The van der Waals surface area contributed by atoms with E-state index in [9.17, 15) is 4.79 Å². The van der Waals surface area contributed by atoms with Crippen LogP contribution in [0.5, 0.6) is 0 Å². The third kappa shape index (κ3) is 2.57. The molecule has 4 atom stereocenters. The van der Waals surface area contributed by atoms with Crippen molar-refractivity contribution in [3.8, 4) is 0 Å². The molecule has 5 nitrogen and oxygen atoms in total. The van der Waals surface area contributed by atoms with Gasteiger partial charge in [0.1, 0.15) is 0 Å². The van der Waals surface area contributed by atoms with Crippen LogP contribution in [-0.2, 0) is 23.7 Å². The van der Waals surface area contributed by atoms with E-state index in [2.05, 4.69) is 79.4 Å². The number of aromatic nitrogens is 1. The predicted octanol–water partition coefficient (Wildman–Crippen LogP) is 2.64. The van der Waals surface area contributed by atoms with E-state index in [1.807, 2.05) is 0 Å². The molecule has 2 fully saturated rings. The van der Waals surface area contributed by atoms with Gasteiger partial charge in [-0.3, -0.25) is 4.79 Å². The van der Waals surface area contributed by atoms with Crippen LogP contribution in [0.3, 0.4) is 0 Å². The molecule has 1 aromatic heterocycles. The van der Waals surface area contributed by atoms with Gasteiger partial charge in [0.2, 0.25) is 5.91 Å². The molecular weight excluding hydrogens is 372 g/mol. The molecule has 5 heteroatoms. The lowest BCUT2D eigenvalue weighted by Gasteiger charge is -2.56. The molecule has 2 aromatic rings. The van der Waals surface area contributed by atoms with Crippen molar-refractivity contribution >= 4 is 16.8 Å². The minimum atomic E-state index is -0.0276. The number of hydrogen-bond acceptors (Lipinski definition) is 3. The topological polar surface area (TPSA) is 31.7 Å². The molecule has 0 N–H and O–H groups in total. The van der Waals surface area contributed by atoms with Crippen molar-refractivity contribution < 1.29 is 4.79 Å². The second kappa shape index (κ2) is 6.83. The van der Waals surface area contributed by atoms with Crippen LogP contribution in [0, 0.1) is 18.8 Å². The van der Waals surface area contributed by atoms with Crippen molar-refractivity contribution in [2.24, 2.45) is 18.9 Å². The van der Waals surface area contributed by atoms with E-state index in [0.29, 0.717) is 17.9 Å². The van der Waals surface area contributed by atoms with Crippen LogP contribution in [0.15, 0.2) is 18.2 Å². The van der Waals surface area contributed by atoms with Gasteiger partial charge in [0.15, 0.2) is 0 Å². The van der Waals surface area contributed by atoms with E-state index in [1.54, 1.807) is 0 Å². The van der Waals surface area contributed by atoms with Gasteiger partial charge in [0.25, 0.3) is 0 Å². The molecule has 3 aliphatic rings. The summed E-state index contributed by atoms with van der Waals surface area (Å²) < 4.78 is 2.35. The monoisotopic (exact) mass is 408 g/mol. The number of piperidine rings is 1. The lowest BCUT2D eigenvalue weighted by atomic mass is 9.56. The molecule has 0 saturated carbocycles. The summed E-state index contributed by atoms with van der Waals surface area (Å²) in [6.07, 6.45) is 1.08. The first-order chi connectivity index (χ1) is 14.2. The highest BCUT2D eigenvalue weighted by Gasteiger charge is 2.54. The SMILES string of the molecule is Cc1c2c3c(cccc3n1C)C1(C)C(C)C(C(=O)N3CCN(C)CC3)CN(C)[C@@H]1C2. The molecule has 2 saturated heterocycles. The molecule has 30 heavy (non-hydrogen) atoms. The fourth-order valence-electron chi connectivity index (χ4n) is 6.71. The van der Waals surface area contributed by atoms with Gasteiger partial charge in [-0.1, -0.05) is 26.0 Å². The summed E-state index contributed by atoms with van der Waals surface area (Å²) in [6, 6.07) is 7.24. The Labute approximate surface area is 180 Å². The minimum absolute atomic E-state index is 0.0276.